The molecular formula is C11H17N3O. The summed E-state index contributed by atoms with van der Waals surface area (Å²) in [5.41, 5.74) is 0.452. The SMILES string of the molecule is CCCC1(O)CN(c2nccc(C)n2)C1. The molecule has 15 heavy (non-hydrogen) atoms. The van der Waals surface area contributed by atoms with Crippen LogP contribution >= 0.6 is 0 Å². The third kappa shape index (κ3) is 2.09. The van der Waals surface area contributed by atoms with Gasteiger partial charge in [-0.05, 0) is 19.4 Å². The fourth-order valence-electron chi connectivity index (χ4n) is 2.02. The van der Waals surface area contributed by atoms with Gasteiger partial charge in [0.25, 0.3) is 0 Å². The number of aryl methyl sites for hydroxylation is 1. The molecule has 2 rings (SSSR count). The van der Waals surface area contributed by atoms with Crippen molar-refractivity contribution >= 4 is 5.95 Å². The summed E-state index contributed by atoms with van der Waals surface area (Å²) in [4.78, 5) is 10.5. The van der Waals surface area contributed by atoms with E-state index in [0.717, 1.165) is 24.5 Å². The molecule has 1 aliphatic rings. The number of rotatable bonds is 3. The van der Waals surface area contributed by atoms with Crippen LogP contribution in [0.15, 0.2) is 12.3 Å². The molecule has 82 valence electrons. The second-order valence-electron chi connectivity index (χ2n) is 4.33. The van der Waals surface area contributed by atoms with Gasteiger partial charge in [-0.1, -0.05) is 13.3 Å². The molecular weight excluding hydrogens is 190 g/mol. The molecule has 0 saturated carbocycles. The van der Waals surface area contributed by atoms with Crippen molar-refractivity contribution in [3.8, 4) is 0 Å². The van der Waals surface area contributed by atoms with Crippen LogP contribution in [0.25, 0.3) is 0 Å². The molecule has 0 aromatic carbocycles. The lowest BCUT2D eigenvalue weighted by Gasteiger charge is -2.46. The minimum Gasteiger partial charge on any atom is -0.386 e. The fourth-order valence-corrected chi connectivity index (χ4v) is 2.02. The first kappa shape index (κ1) is 10.4. The first-order chi connectivity index (χ1) is 7.13. The van der Waals surface area contributed by atoms with Crippen LogP contribution in [0.5, 0.6) is 0 Å². The van der Waals surface area contributed by atoms with Crippen molar-refractivity contribution in [2.75, 3.05) is 18.0 Å². The maximum atomic E-state index is 10.0. The second-order valence-corrected chi connectivity index (χ2v) is 4.33. The van der Waals surface area contributed by atoms with Crippen molar-refractivity contribution < 1.29 is 5.11 Å². The van der Waals surface area contributed by atoms with E-state index in [2.05, 4.69) is 16.9 Å². The summed E-state index contributed by atoms with van der Waals surface area (Å²) in [6.45, 7) is 5.35. The highest BCUT2D eigenvalue weighted by Gasteiger charge is 2.41. The molecule has 1 fully saturated rings. The second kappa shape index (κ2) is 3.77. The Kier molecular flexibility index (Phi) is 2.61. The van der Waals surface area contributed by atoms with Crippen LogP contribution in [0.3, 0.4) is 0 Å². The van der Waals surface area contributed by atoms with Gasteiger partial charge in [0.15, 0.2) is 0 Å². The first-order valence-electron chi connectivity index (χ1n) is 5.40. The number of nitrogens with zero attached hydrogens (tertiary/aromatic N) is 3. The summed E-state index contributed by atoms with van der Waals surface area (Å²) in [5.74, 6) is 0.732. The molecule has 4 nitrogen and oxygen atoms in total. The molecule has 0 radical (unpaired) electrons. The van der Waals surface area contributed by atoms with E-state index >= 15 is 0 Å². The van der Waals surface area contributed by atoms with Gasteiger partial charge in [-0.3, -0.25) is 0 Å². The van der Waals surface area contributed by atoms with Gasteiger partial charge in [0, 0.05) is 11.9 Å². The van der Waals surface area contributed by atoms with E-state index in [1.165, 1.54) is 0 Å². The topological polar surface area (TPSA) is 49.2 Å². The van der Waals surface area contributed by atoms with Gasteiger partial charge in [0.2, 0.25) is 5.95 Å². The van der Waals surface area contributed by atoms with Crippen LogP contribution in [0.4, 0.5) is 5.95 Å². The first-order valence-corrected chi connectivity index (χ1v) is 5.40. The highest BCUT2D eigenvalue weighted by Crippen LogP contribution is 2.28. The van der Waals surface area contributed by atoms with Gasteiger partial charge in [-0.25, -0.2) is 9.97 Å². The van der Waals surface area contributed by atoms with Crippen LogP contribution in [-0.4, -0.2) is 33.8 Å². The smallest absolute Gasteiger partial charge is 0.225 e. The van der Waals surface area contributed by atoms with Crippen molar-refractivity contribution in [1.82, 2.24) is 9.97 Å². The van der Waals surface area contributed by atoms with E-state index in [9.17, 15) is 5.11 Å². The Morgan fingerprint density at radius 1 is 1.53 bits per heavy atom. The van der Waals surface area contributed by atoms with Gasteiger partial charge in [0.1, 0.15) is 0 Å². The van der Waals surface area contributed by atoms with Crippen LogP contribution < -0.4 is 4.90 Å². The molecule has 2 heterocycles. The Balaban J connectivity index is 2.00. The van der Waals surface area contributed by atoms with Gasteiger partial charge >= 0.3 is 0 Å². The highest BCUT2D eigenvalue weighted by molar-refractivity contribution is 5.37. The van der Waals surface area contributed by atoms with Gasteiger partial charge in [-0.2, -0.15) is 0 Å². The van der Waals surface area contributed by atoms with E-state index in [4.69, 9.17) is 0 Å². The molecule has 0 spiro atoms. The molecule has 1 aromatic heterocycles. The quantitative estimate of drug-likeness (QED) is 0.807. The summed E-state index contributed by atoms with van der Waals surface area (Å²) in [5, 5.41) is 10.0. The molecule has 1 aliphatic heterocycles. The molecule has 1 N–H and O–H groups in total. The molecule has 1 aromatic rings. The van der Waals surface area contributed by atoms with Gasteiger partial charge < -0.3 is 10.0 Å². The maximum Gasteiger partial charge on any atom is 0.225 e. The number of hydrogen-bond donors (Lipinski definition) is 1. The molecule has 0 aliphatic carbocycles. The van der Waals surface area contributed by atoms with Crippen molar-refractivity contribution in [2.45, 2.75) is 32.3 Å². The predicted molar refractivity (Wildman–Crippen MR) is 58.8 cm³/mol. The van der Waals surface area contributed by atoms with Gasteiger partial charge in [-0.15, -0.1) is 0 Å². The lowest BCUT2D eigenvalue weighted by molar-refractivity contribution is 0.00243. The van der Waals surface area contributed by atoms with E-state index in [1.807, 2.05) is 17.9 Å². The zero-order valence-corrected chi connectivity index (χ0v) is 9.27. The monoisotopic (exact) mass is 207 g/mol. The number of anilines is 1. The van der Waals surface area contributed by atoms with E-state index in [0.29, 0.717) is 13.1 Å². The Bertz CT molecular complexity index is 347. The molecule has 0 amide bonds. The number of hydrogen-bond acceptors (Lipinski definition) is 4. The third-order valence-corrected chi connectivity index (χ3v) is 2.75. The Morgan fingerprint density at radius 3 is 2.87 bits per heavy atom. The van der Waals surface area contributed by atoms with Crippen LogP contribution in [0, 0.1) is 6.92 Å². The molecule has 0 atom stereocenters. The van der Waals surface area contributed by atoms with Crippen molar-refractivity contribution in [2.24, 2.45) is 0 Å². The lowest BCUT2D eigenvalue weighted by atomic mass is 9.90. The summed E-state index contributed by atoms with van der Waals surface area (Å²) in [6.07, 6.45) is 3.63. The summed E-state index contributed by atoms with van der Waals surface area (Å²) in [6, 6.07) is 1.88. The Labute approximate surface area is 90.0 Å². The van der Waals surface area contributed by atoms with Crippen molar-refractivity contribution in [3.63, 3.8) is 0 Å². The Morgan fingerprint density at radius 2 is 2.27 bits per heavy atom. The zero-order valence-electron chi connectivity index (χ0n) is 9.27. The number of aromatic nitrogens is 2. The van der Waals surface area contributed by atoms with Crippen molar-refractivity contribution in [3.05, 3.63) is 18.0 Å². The summed E-state index contributed by atoms with van der Waals surface area (Å²) < 4.78 is 0. The molecule has 0 unspecified atom stereocenters. The highest BCUT2D eigenvalue weighted by atomic mass is 16.3. The summed E-state index contributed by atoms with van der Waals surface area (Å²) >= 11 is 0. The Hall–Kier alpha value is -1.16. The minimum absolute atomic E-state index is 0.512. The average molecular weight is 207 g/mol. The van der Waals surface area contributed by atoms with E-state index in [-0.39, 0.29) is 0 Å². The van der Waals surface area contributed by atoms with Crippen LogP contribution in [-0.2, 0) is 0 Å². The molecule has 4 heteroatoms. The van der Waals surface area contributed by atoms with E-state index in [1.54, 1.807) is 6.20 Å². The summed E-state index contributed by atoms with van der Waals surface area (Å²) in [7, 11) is 0. The standard InChI is InChI=1S/C11H17N3O/c1-3-5-11(15)7-14(8-11)10-12-6-4-9(2)13-10/h4,6,15H,3,5,7-8H2,1-2H3. The third-order valence-electron chi connectivity index (χ3n) is 2.75. The minimum atomic E-state index is -0.512. The van der Waals surface area contributed by atoms with E-state index < -0.39 is 5.60 Å². The molecule has 0 bridgehead atoms. The average Bonchev–Trinajstić information content (AvgIpc) is 2.14. The van der Waals surface area contributed by atoms with Gasteiger partial charge in [0.05, 0.1) is 18.7 Å². The van der Waals surface area contributed by atoms with Crippen molar-refractivity contribution in [1.29, 1.82) is 0 Å². The number of aliphatic hydroxyl groups is 1. The van der Waals surface area contributed by atoms with Crippen LogP contribution in [0.1, 0.15) is 25.5 Å². The largest absolute Gasteiger partial charge is 0.386 e. The number of β-amino-alcohol motifs (C(OH)–C–C–N with tert-alkyl or cyclic N) is 1. The fraction of sp³-hybridized carbons (Fsp3) is 0.636. The lowest BCUT2D eigenvalue weighted by Crippen LogP contribution is -2.62. The normalized spacial score (nSPS) is 18.7. The molecule has 1 saturated heterocycles. The predicted octanol–water partition coefficient (Wildman–Crippen LogP) is 1.14. The van der Waals surface area contributed by atoms with Crippen LogP contribution in [0.2, 0.25) is 0 Å². The maximum absolute atomic E-state index is 10.0. The zero-order chi connectivity index (χ0) is 10.9.